The van der Waals surface area contributed by atoms with Crippen molar-refractivity contribution in [2.75, 3.05) is 19.6 Å². The predicted octanol–water partition coefficient (Wildman–Crippen LogP) is 1.37. The van der Waals surface area contributed by atoms with E-state index >= 15 is 0 Å². The van der Waals surface area contributed by atoms with E-state index in [0.717, 1.165) is 17.9 Å². The van der Waals surface area contributed by atoms with E-state index < -0.39 is 0 Å². The van der Waals surface area contributed by atoms with E-state index in [9.17, 15) is 0 Å². The zero-order chi connectivity index (χ0) is 9.10. The molecular formula is C11H22N2. The molecule has 2 fully saturated rings. The molecule has 0 radical (unpaired) electrons. The molecule has 1 aliphatic carbocycles. The van der Waals surface area contributed by atoms with Crippen molar-refractivity contribution in [2.24, 2.45) is 11.8 Å². The summed E-state index contributed by atoms with van der Waals surface area (Å²) in [4.78, 5) is 0. The number of hydrogen-bond acceptors (Lipinski definition) is 2. The molecule has 2 unspecified atom stereocenters. The van der Waals surface area contributed by atoms with Gasteiger partial charge in [-0.25, -0.2) is 0 Å². The van der Waals surface area contributed by atoms with Crippen LogP contribution in [0.15, 0.2) is 0 Å². The molecule has 1 saturated heterocycles. The van der Waals surface area contributed by atoms with Gasteiger partial charge in [-0.1, -0.05) is 6.92 Å². The molecule has 76 valence electrons. The van der Waals surface area contributed by atoms with Crippen LogP contribution >= 0.6 is 0 Å². The summed E-state index contributed by atoms with van der Waals surface area (Å²) in [6, 6.07) is 0.850. The van der Waals surface area contributed by atoms with Crippen LogP contribution in [0.25, 0.3) is 0 Å². The van der Waals surface area contributed by atoms with Crippen LogP contribution in [-0.2, 0) is 0 Å². The average molecular weight is 182 g/mol. The van der Waals surface area contributed by atoms with Crippen molar-refractivity contribution in [1.82, 2.24) is 10.6 Å². The maximum Gasteiger partial charge on any atom is 0.0218 e. The Hall–Kier alpha value is -0.0800. The second-order valence-corrected chi connectivity index (χ2v) is 4.78. The van der Waals surface area contributed by atoms with Gasteiger partial charge >= 0.3 is 0 Å². The Labute approximate surface area is 81.5 Å². The molecule has 2 atom stereocenters. The molecule has 1 aliphatic heterocycles. The largest absolute Gasteiger partial charge is 0.316 e. The molecule has 1 heterocycles. The van der Waals surface area contributed by atoms with Crippen LogP contribution in [0.5, 0.6) is 0 Å². The highest BCUT2D eigenvalue weighted by molar-refractivity contribution is 4.87. The topological polar surface area (TPSA) is 34.0 Å². The monoisotopic (exact) mass is 182 g/mol. The van der Waals surface area contributed by atoms with Crippen molar-refractivity contribution in [1.29, 1.82) is 0 Å². The van der Waals surface area contributed by atoms with Gasteiger partial charge in [0.05, 0.1) is 0 Å². The molecule has 0 amide bonds. The first-order valence-electron chi connectivity index (χ1n) is 5.80. The lowest BCUT2D eigenvalue weighted by Crippen LogP contribution is -2.19. The van der Waals surface area contributed by atoms with Crippen LogP contribution in [0.4, 0.5) is 0 Å². The number of nitrogens with one attached hydrogen (secondary N) is 2. The van der Waals surface area contributed by atoms with Crippen LogP contribution < -0.4 is 10.6 Å². The third-order valence-corrected chi connectivity index (χ3v) is 3.27. The lowest BCUT2D eigenvalue weighted by molar-refractivity contribution is 0.481. The number of hydrogen-bond donors (Lipinski definition) is 2. The zero-order valence-electron chi connectivity index (χ0n) is 8.68. The van der Waals surface area contributed by atoms with E-state index in [0.29, 0.717) is 0 Å². The normalized spacial score (nSPS) is 28.8. The first-order valence-corrected chi connectivity index (χ1v) is 5.80. The summed E-state index contributed by atoms with van der Waals surface area (Å²) in [6.07, 6.45) is 5.67. The minimum atomic E-state index is 0.850. The van der Waals surface area contributed by atoms with Gasteiger partial charge in [0.25, 0.3) is 0 Å². The third kappa shape index (κ3) is 3.65. The number of rotatable bonds is 7. The van der Waals surface area contributed by atoms with Crippen molar-refractivity contribution in [2.45, 2.75) is 38.6 Å². The minimum absolute atomic E-state index is 0.850. The average Bonchev–Trinajstić information content (AvgIpc) is 2.98. The summed E-state index contributed by atoms with van der Waals surface area (Å²) in [5.74, 6) is 1.92. The molecule has 2 N–H and O–H groups in total. The molecular weight excluding hydrogens is 160 g/mol. The van der Waals surface area contributed by atoms with Crippen molar-refractivity contribution in [3.8, 4) is 0 Å². The van der Waals surface area contributed by atoms with E-state index in [-0.39, 0.29) is 0 Å². The van der Waals surface area contributed by atoms with Gasteiger partial charge in [-0.05, 0) is 50.6 Å². The molecule has 2 nitrogen and oxygen atoms in total. The summed E-state index contributed by atoms with van der Waals surface area (Å²) in [5.41, 5.74) is 0. The Morgan fingerprint density at radius 3 is 2.85 bits per heavy atom. The molecule has 0 spiro atoms. The van der Waals surface area contributed by atoms with Gasteiger partial charge in [0.1, 0.15) is 0 Å². The molecule has 2 rings (SSSR count). The van der Waals surface area contributed by atoms with Crippen molar-refractivity contribution in [3.63, 3.8) is 0 Å². The highest BCUT2D eigenvalue weighted by Crippen LogP contribution is 2.27. The van der Waals surface area contributed by atoms with E-state index in [1.807, 2.05) is 0 Å². The summed E-state index contributed by atoms with van der Waals surface area (Å²) >= 11 is 0. The van der Waals surface area contributed by atoms with Gasteiger partial charge < -0.3 is 10.6 Å². The summed E-state index contributed by atoms with van der Waals surface area (Å²) < 4.78 is 0. The van der Waals surface area contributed by atoms with E-state index in [1.165, 1.54) is 45.3 Å². The highest BCUT2D eigenvalue weighted by Gasteiger charge is 2.26. The quantitative estimate of drug-likeness (QED) is 0.460. The maximum atomic E-state index is 3.54. The van der Waals surface area contributed by atoms with Gasteiger partial charge in [-0.2, -0.15) is 0 Å². The summed E-state index contributed by atoms with van der Waals surface area (Å²) in [6.45, 7) is 6.13. The molecule has 0 bridgehead atoms. The van der Waals surface area contributed by atoms with Crippen LogP contribution in [0.3, 0.4) is 0 Å². The Bertz CT molecular complexity index is 150. The second kappa shape index (κ2) is 4.43. The fourth-order valence-corrected chi connectivity index (χ4v) is 1.85. The lowest BCUT2D eigenvalue weighted by Gasteiger charge is -2.08. The van der Waals surface area contributed by atoms with Crippen LogP contribution in [-0.4, -0.2) is 25.7 Å². The van der Waals surface area contributed by atoms with E-state index in [4.69, 9.17) is 0 Å². The Balaban J connectivity index is 1.39. The van der Waals surface area contributed by atoms with Gasteiger partial charge in [0.2, 0.25) is 0 Å². The van der Waals surface area contributed by atoms with Crippen molar-refractivity contribution < 1.29 is 0 Å². The molecule has 0 aromatic heterocycles. The Morgan fingerprint density at radius 1 is 1.46 bits per heavy atom. The van der Waals surface area contributed by atoms with Gasteiger partial charge in [-0.3, -0.25) is 0 Å². The van der Waals surface area contributed by atoms with Crippen molar-refractivity contribution >= 4 is 0 Å². The van der Waals surface area contributed by atoms with Gasteiger partial charge in [0.15, 0.2) is 0 Å². The molecule has 0 aromatic carbocycles. The van der Waals surface area contributed by atoms with Crippen LogP contribution in [0, 0.1) is 11.8 Å². The third-order valence-electron chi connectivity index (χ3n) is 3.27. The predicted molar refractivity (Wildman–Crippen MR) is 55.8 cm³/mol. The fourth-order valence-electron chi connectivity index (χ4n) is 1.85. The molecule has 13 heavy (non-hydrogen) atoms. The standard InChI is InChI=1S/C11H22N2/c1-9(11-8-13-11)3-2-6-12-7-10-4-5-10/h9-13H,2-8H2,1H3. The molecule has 2 aliphatic rings. The maximum absolute atomic E-state index is 3.54. The van der Waals surface area contributed by atoms with Crippen LogP contribution in [0.2, 0.25) is 0 Å². The van der Waals surface area contributed by atoms with Gasteiger partial charge in [-0.15, -0.1) is 0 Å². The Morgan fingerprint density at radius 2 is 2.23 bits per heavy atom. The minimum Gasteiger partial charge on any atom is -0.316 e. The smallest absolute Gasteiger partial charge is 0.0218 e. The van der Waals surface area contributed by atoms with E-state index in [1.54, 1.807) is 0 Å². The molecule has 1 saturated carbocycles. The van der Waals surface area contributed by atoms with Crippen molar-refractivity contribution in [3.05, 3.63) is 0 Å². The zero-order valence-corrected chi connectivity index (χ0v) is 8.68. The van der Waals surface area contributed by atoms with E-state index in [2.05, 4.69) is 17.6 Å². The SMILES string of the molecule is CC(CCCNCC1CC1)C1CN1. The molecule has 2 heteroatoms. The first kappa shape index (κ1) is 9.47. The molecule has 0 aromatic rings. The highest BCUT2D eigenvalue weighted by atomic mass is 15.1. The lowest BCUT2D eigenvalue weighted by atomic mass is 10.0. The van der Waals surface area contributed by atoms with Crippen LogP contribution in [0.1, 0.15) is 32.6 Å². The Kier molecular flexibility index (Phi) is 3.23. The fraction of sp³-hybridized carbons (Fsp3) is 1.00. The summed E-state index contributed by atoms with van der Waals surface area (Å²) in [7, 11) is 0. The van der Waals surface area contributed by atoms with Gasteiger partial charge in [0, 0.05) is 12.6 Å². The first-order chi connectivity index (χ1) is 6.36. The second-order valence-electron chi connectivity index (χ2n) is 4.78. The summed E-state index contributed by atoms with van der Waals surface area (Å²) in [5, 5.41) is 6.92.